The van der Waals surface area contributed by atoms with E-state index in [4.69, 9.17) is 11.5 Å². The second-order valence-electron chi connectivity index (χ2n) is 10.9. The SMILES string of the molecule is CN(C(=O)/C=C/CC(C)(C)N)[C@H](Cc1ccc(-c2ccccc2)cc1)C(=O)N(C)[C@H](Cc1ccccc1)C(N)=O. The monoisotopic (exact) mass is 540 g/mol. The van der Waals surface area contributed by atoms with Gasteiger partial charge >= 0.3 is 0 Å². The minimum atomic E-state index is -0.866. The highest BCUT2D eigenvalue weighted by Gasteiger charge is 2.34. The van der Waals surface area contributed by atoms with Gasteiger partial charge in [-0.05, 0) is 48.6 Å². The van der Waals surface area contributed by atoms with Crippen LogP contribution in [-0.2, 0) is 27.2 Å². The number of benzene rings is 3. The Hall–Kier alpha value is -4.23. The summed E-state index contributed by atoms with van der Waals surface area (Å²) in [5, 5.41) is 0. The zero-order valence-electron chi connectivity index (χ0n) is 23.8. The molecule has 0 aromatic heterocycles. The van der Waals surface area contributed by atoms with Crippen molar-refractivity contribution in [1.29, 1.82) is 0 Å². The van der Waals surface area contributed by atoms with Gasteiger partial charge in [0.05, 0.1) is 0 Å². The van der Waals surface area contributed by atoms with Gasteiger partial charge in [-0.2, -0.15) is 0 Å². The number of likely N-dealkylation sites (N-methyl/N-ethyl adjacent to an activating group) is 2. The first kappa shape index (κ1) is 30.3. The summed E-state index contributed by atoms with van der Waals surface area (Å²) >= 11 is 0. The standard InChI is InChI=1S/C33H40N4O3/c1-33(2,35)21-11-16-30(38)36(3)29(23-25-17-19-27(20-18-25)26-14-9-6-10-15-26)32(40)37(4)28(31(34)39)22-24-12-7-5-8-13-24/h5-20,28-29H,21-23,35H2,1-4H3,(H2,34,39)/b16-11+/t28-,29-/m1/s1. The summed E-state index contributed by atoms with van der Waals surface area (Å²) in [5.41, 5.74) is 15.3. The Kier molecular flexibility index (Phi) is 10.4. The van der Waals surface area contributed by atoms with Crippen molar-refractivity contribution in [1.82, 2.24) is 9.80 Å². The minimum absolute atomic E-state index is 0.271. The van der Waals surface area contributed by atoms with Crippen LogP contribution in [0.4, 0.5) is 0 Å². The van der Waals surface area contributed by atoms with Crippen molar-refractivity contribution in [3.05, 3.63) is 108 Å². The average molecular weight is 541 g/mol. The van der Waals surface area contributed by atoms with Crippen LogP contribution in [0, 0.1) is 0 Å². The highest BCUT2D eigenvalue weighted by atomic mass is 16.2. The van der Waals surface area contributed by atoms with Gasteiger partial charge < -0.3 is 21.3 Å². The maximum Gasteiger partial charge on any atom is 0.246 e. The van der Waals surface area contributed by atoms with E-state index in [1.807, 2.05) is 98.8 Å². The van der Waals surface area contributed by atoms with Crippen molar-refractivity contribution in [3.63, 3.8) is 0 Å². The van der Waals surface area contributed by atoms with E-state index in [-0.39, 0.29) is 24.7 Å². The number of hydrogen-bond donors (Lipinski definition) is 2. The summed E-state index contributed by atoms with van der Waals surface area (Å²) in [7, 11) is 3.17. The first-order chi connectivity index (χ1) is 19.0. The third-order valence-electron chi connectivity index (χ3n) is 6.91. The van der Waals surface area contributed by atoms with Crippen molar-refractivity contribution in [2.45, 2.75) is 50.7 Å². The molecule has 2 atom stereocenters. The lowest BCUT2D eigenvalue weighted by molar-refractivity contribution is -0.145. The second kappa shape index (κ2) is 13.7. The van der Waals surface area contributed by atoms with Gasteiger partial charge in [0, 0.05) is 32.5 Å². The van der Waals surface area contributed by atoms with E-state index in [2.05, 4.69) is 0 Å². The van der Waals surface area contributed by atoms with Crippen molar-refractivity contribution in [2.24, 2.45) is 11.5 Å². The fraction of sp³-hybridized carbons (Fsp3) is 0.303. The summed E-state index contributed by atoms with van der Waals surface area (Å²) in [6, 6.07) is 25.6. The van der Waals surface area contributed by atoms with Crippen molar-refractivity contribution >= 4 is 17.7 Å². The van der Waals surface area contributed by atoms with Crippen LogP contribution in [0.15, 0.2) is 97.1 Å². The Balaban J connectivity index is 1.88. The number of amides is 3. The number of carbonyl (C=O) groups is 3. The smallest absolute Gasteiger partial charge is 0.246 e. The van der Waals surface area contributed by atoms with E-state index >= 15 is 0 Å². The molecule has 3 aromatic rings. The third kappa shape index (κ3) is 8.64. The van der Waals surface area contributed by atoms with E-state index < -0.39 is 23.5 Å². The summed E-state index contributed by atoms with van der Waals surface area (Å²) in [4.78, 5) is 42.3. The molecule has 0 aliphatic rings. The molecule has 0 bridgehead atoms. The summed E-state index contributed by atoms with van der Waals surface area (Å²) < 4.78 is 0. The first-order valence-electron chi connectivity index (χ1n) is 13.4. The molecule has 0 unspecified atom stereocenters. The van der Waals surface area contributed by atoms with E-state index in [0.29, 0.717) is 6.42 Å². The van der Waals surface area contributed by atoms with Crippen molar-refractivity contribution in [2.75, 3.05) is 14.1 Å². The maximum absolute atomic E-state index is 13.9. The van der Waals surface area contributed by atoms with Gasteiger partial charge in [-0.25, -0.2) is 0 Å². The number of nitrogens with zero attached hydrogens (tertiary/aromatic N) is 2. The molecule has 0 saturated carbocycles. The average Bonchev–Trinajstić information content (AvgIpc) is 2.94. The number of carbonyl (C=O) groups excluding carboxylic acids is 3. The normalized spacial score (nSPS) is 13.0. The molecule has 0 radical (unpaired) electrons. The van der Waals surface area contributed by atoms with E-state index in [9.17, 15) is 14.4 Å². The number of hydrogen-bond acceptors (Lipinski definition) is 4. The molecule has 0 aliphatic carbocycles. The van der Waals surface area contributed by atoms with Gasteiger partial charge in [0.25, 0.3) is 0 Å². The number of rotatable bonds is 12. The van der Waals surface area contributed by atoms with Gasteiger partial charge in [-0.3, -0.25) is 14.4 Å². The van der Waals surface area contributed by atoms with Crippen LogP contribution in [-0.4, -0.2) is 59.2 Å². The van der Waals surface area contributed by atoms with Crippen LogP contribution in [0.2, 0.25) is 0 Å². The van der Waals surface area contributed by atoms with Gasteiger partial charge in [0.1, 0.15) is 12.1 Å². The molecule has 0 heterocycles. The van der Waals surface area contributed by atoms with E-state index in [0.717, 1.165) is 22.3 Å². The Morgan fingerprint density at radius 1 is 0.750 bits per heavy atom. The third-order valence-corrected chi connectivity index (χ3v) is 6.91. The largest absolute Gasteiger partial charge is 0.368 e. The predicted molar refractivity (Wildman–Crippen MR) is 160 cm³/mol. The molecule has 3 amide bonds. The summed E-state index contributed by atoms with van der Waals surface area (Å²) in [5.74, 6) is -1.30. The van der Waals surface area contributed by atoms with Gasteiger partial charge in [0.2, 0.25) is 17.7 Å². The molecular formula is C33H40N4O3. The minimum Gasteiger partial charge on any atom is -0.368 e. The second-order valence-corrected chi connectivity index (χ2v) is 10.9. The Labute approximate surface area is 237 Å². The maximum atomic E-state index is 13.9. The van der Waals surface area contributed by atoms with Gasteiger partial charge in [-0.1, -0.05) is 91.0 Å². The molecule has 7 nitrogen and oxygen atoms in total. The molecule has 0 aliphatic heterocycles. The molecule has 40 heavy (non-hydrogen) atoms. The Morgan fingerprint density at radius 2 is 1.25 bits per heavy atom. The fourth-order valence-electron chi connectivity index (χ4n) is 4.47. The highest BCUT2D eigenvalue weighted by molar-refractivity contribution is 5.94. The molecule has 7 heteroatoms. The van der Waals surface area contributed by atoms with Crippen LogP contribution in [0.5, 0.6) is 0 Å². The molecule has 0 fully saturated rings. The Morgan fingerprint density at radius 3 is 1.80 bits per heavy atom. The lowest BCUT2D eigenvalue weighted by atomic mass is 9.98. The Bertz CT molecular complexity index is 1300. The van der Waals surface area contributed by atoms with Crippen LogP contribution in [0.25, 0.3) is 11.1 Å². The summed E-state index contributed by atoms with van der Waals surface area (Å²) in [6.45, 7) is 3.76. The number of primary amides is 1. The van der Waals surface area contributed by atoms with Crippen LogP contribution in [0.1, 0.15) is 31.4 Å². The topological polar surface area (TPSA) is 110 Å². The van der Waals surface area contributed by atoms with Crippen LogP contribution in [0.3, 0.4) is 0 Å². The molecular weight excluding hydrogens is 500 g/mol. The lowest BCUT2D eigenvalue weighted by Gasteiger charge is -2.33. The van der Waals surface area contributed by atoms with Crippen LogP contribution >= 0.6 is 0 Å². The lowest BCUT2D eigenvalue weighted by Crippen LogP contribution is -2.55. The molecule has 0 saturated heterocycles. The molecule has 0 spiro atoms. The zero-order valence-corrected chi connectivity index (χ0v) is 23.8. The summed E-state index contributed by atoms with van der Waals surface area (Å²) in [6.07, 6.45) is 4.23. The van der Waals surface area contributed by atoms with Crippen molar-refractivity contribution < 1.29 is 14.4 Å². The van der Waals surface area contributed by atoms with Gasteiger partial charge in [-0.15, -0.1) is 0 Å². The first-order valence-corrected chi connectivity index (χ1v) is 13.4. The molecule has 210 valence electrons. The molecule has 3 rings (SSSR count). The highest BCUT2D eigenvalue weighted by Crippen LogP contribution is 2.21. The van der Waals surface area contributed by atoms with Crippen molar-refractivity contribution in [3.8, 4) is 11.1 Å². The molecule has 4 N–H and O–H groups in total. The number of nitrogens with two attached hydrogens (primary N) is 2. The predicted octanol–water partition coefficient (Wildman–Crippen LogP) is 3.96. The fourth-order valence-corrected chi connectivity index (χ4v) is 4.47. The zero-order chi connectivity index (χ0) is 29.3. The molecule has 3 aromatic carbocycles. The van der Waals surface area contributed by atoms with E-state index in [1.54, 1.807) is 20.2 Å². The van der Waals surface area contributed by atoms with E-state index in [1.165, 1.54) is 15.9 Å². The van der Waals surface area contributed by atoms with Gasteiger partial charge in [0.15, 0.2) is 0 Å². The quantitative estimate of drug-likeness (QED) is 0.339. The van der Waals surface area contributed by atoms with Crippen LogP contribution < -0.4 is 11.5 Å².